The summed E-state index contributed by atoms with van der Waals surface area (Å²) in [5.74, 6) is 0.896. The zero-order chi connectivity index (χ0) is 10.8. The highest BCUT2D eigenvalue weighted by molar-refractivity contribution is 7.90. The van der Waals surface area contributed by atoms with Gasteiger partial charge in [-0.05, 0) is 47.9 Å². The third-order valence-corrected chi connectivity index (χ3v) is 3.14. The van der Waals surface area contributed by atoms with Gasteiger partial charge in [-0.3, -0.25) is 0 Å². The molecule has 15 heavy (non-hydrogen) atoms. The predicted octanol–water partition coefficient (Wildman–Crippen LogP) is 2.12. The smallest absolute Gasteiger partial charge is 0.152 e. The Morgan fingerprint density at radius 1 is 1.27 bits per heavy atom. The summed E-state index contributed by atoms with van der Waals surface area (Å²) < 4.78 is 11.2. The number of aromatic amines is 1. The van der Waals surface area contributed by atoms with E-state index in [1.165, 1.54) is 0 Å². The standard InChI is InChI=1S/C11H12N2OS/c1-8-12-7-11(13-8)9-3-5-10(6-4-9)15(2)14/h3-7H,1-2H3,(H,12,13). The molecule has 0 fully saturated rings. The van der Waals surface area contributed by atoms with Gasteiger partial charge < -0.3 is 9.54 Å². The van der Waals surface area contributed by atoms with E-state index in [1.807, 2.05) is 31.2 Å². The molecule has 1 aromatic heterocycles. The van der Waals surface area contributed by atoms with Gasteiger partial charge >= 0.3 is 0 Å². The van der Waals surface area contributed by atoms with E-state index in [1.54, 1.807) is 12.5 Å². The number of aromatic nitrogens is 2. The molecule has 1 heterocycles. The van der Waals surface area contributed by atoms with Crippen LogP contribution in [0.4, 0.5) is 0 Å². The van der Waals surface area contributed by atoms with E-state index in [-0.39, 0.29) is 0 Å². The van der Waals surface area contributed by atoms with E-state index >= 15 is 0 Å². The monoisotopic (exact) mass is 220 g/mol. The van der Waals surface area contributed by atoms with Gasteiger partial charge in [-0.15, -0.1) is 0 Å². The Bertz CT molecular complexity index is 448. The maximum Gasteiger partial charge on any atom is 0.152 e. The number of rotatable bonds is 2. The van der Waals surface area contributed by atoms with E-state index < -0.39 is 11.2 Å². The Hall–Kier alpha value is -1.26. The fourth-order valence-electron chi connectivity index (χ4n) is 1.39. The second kappa shape index (κ2) is 4.08. The van der Waals surface area contributed by atoms with Crippen molar-refractivity contribution in [2.24, 2.45) is 0 Å². The van der Waals surface area contributed by atoms with Crippen LogP contribution in [-0.2, 0) is 11.2 Å². The largest absolute Gasteiger partial charge is 0.612 e. The molecular weight excluding hydrogens is 208 g/mol. The zero-order valence-electron chi connectivity index (χ0n) is 8.65. The van der Waals surface area contributed by atoms with Crippen LogP contribution >= 0.6 is 0 Å². The van der Waals surface area contributed by atoms with Crippen LogP contribution in [0.3, 0.4) is 0 Å². The van der Waals surface area contributed by atoms with Crippen LogP contribution < -0.4 is 0 Å². The highest BCUT2D eigenvalue weighted by atomic mass is 32.2. The van der Waals surface area contributed by atoms with Crippen molar-refractivity contribution < 1.29 is 4.55 Å². The highest BCUT2D eigenvalue weighted by Gasteiger charge is 2.05. The van der Waals surface area contributed by atoms with Crippen molar-refractivity contribution in [2.75, 3.05) is 6.26 Å². The van der Waals surface area contributed by atoms with Gasteiger partial charge in [0.1, 0.15) is 12.1 Å². The van der Waals surface area contributed by atoms with Gasteiger partial charge in [0.2, 0.25) is 0 Å². The van der Waals surface area contributed by atoms with Crippen LogP contribution in [0, 0.1) is 6.92 Å². The van der Waals surface area contributed by atoms with Gasteiger partial charge in [0.25, 0.3) is 0 Å². The zero-order valence-corrected chi connectivity index (χ0v) is 9.47. The van der Waals surface area contributed by atoms with Crippen molar-refractivity contribution in [3.8, 4) is 11.3 Å². The molecule has 2 rings (SSSR count). The molecule has 1 aromatic carbocycles. The third-order valence-electron chi connectivity index (χ3n) is 2.20. The first-order valence-electron chi connectivity index (χ1n) is 4.62. The molecule has 2 aromatic rings. The van der Waals surface area contributed by atoms with E-state index in [9.17, 15) is 4.55 Å². The molecule has 1 unspecified atom stereocenters. The van der Waals surface area contributed by atoms with Crippen molar-refractivity contribution in [2.45, 2.75) is 11.8 Å². The summed E-state index contributed by atoms with van der Waals surface area (Å²) in [4.78, 5) is 8.13. The molecule has 0 saturated carbocycles. The molecule has 78 valence electrons. The lowest BCUT2D eigenvalue weighted by molar-refractivity contribution is 0.601. The number of H-pyrrole nitrogens is 1. The van der Waals surface area contributed by atoms with Gasteiger partial charge in [0, 0.05) is 0 Å². The lowest BCUT2D eigenvalue weighted by Crippen LogP contribution is -1.96. The normalized spacial score (nSPS) is 12.7. The number of nitrogens with one attached hydrogen (secondary N) is 1. The van der Waals surface area contributed by atoms with Gasteiger partial charge in [-0.2, -0.15) is 0 Å². The average molecular weight is 220 g/mol. The minimum Gasteiger partial charge on any atom is -0.612 e. The second-order valence-corrected chi connectivity index (χ2v) is 4.74. The molecule has 4 heteroatoms. The Labute approximate surface area is 91.7 Å². The van der Waals surface area contributed by atoms with Crippen molar-refractivity contribution in [3.63, 3.8) is 0 Å². The number of benzene rings is 1. The first-order valence-corrected chi connectivity index (χ1v) is 6.18. The lowest BCUT2D eigenvalue weighted by atomic mass is 10.2. The second-order valence-electron chi connectivity index (χ2n) is 3.36. The molecule has 0 radical (unpaired) electrons. The van der Waals surface area contributed by atoms with Crippen molar-refractivity contribution in [1.82, 2.24) is 9.97 Å². The Balaban J connectivity index is 2.31. The topological polar surface area (TPSA) is 51.7 Å². The average Bonchev–Trinajstić information content (AvgIpc) is 2.65. The Morgan fingerprint density at radius 3 is 2.40 bits per heavy atom. The van der Waals surface area contributed by atoms with Crippen molar-refractivity contribution in [1.29, 1.82) is 0 Å². The SMILES string of the molecule is Cc1ncc(-c2ccc([S+](C)[O-])cc2)[nH]1. The van der Waals surface area contributed by atoms with Crippen LogP contribution in [0.15, 0.2) is 35.4 Å². The third kappa shape index (κ3) is 2.22. The fourth-order valence-corrected chi connectivity index (χ4v) is 1.91. The first-order chi connectivity index (χ1) is 7.16. The quantitative estimate of drug-likeness (QED) is 0.788. The van der Waals surface area contributed by atoms with Crippen molar-refractivity contribution >= 4 is 11.2 Å². The summed E-state index contributed by atoms with van der Waals surface area (Å²) >= 11 is -0.914. The summed E-state index contributed by atoms with van der Waals surface area (Å²) in [6, 6.07) is 7.65. The Kier molecular flexibility index (Phi) is 2.79. The highest BCUT2D eigenvalue weighted by Crippen LogP contribution is 2.19. The molecule has 1 atom stereocenters. The van der Waals surface area contributed by atoms with Gasteiger partial charge in [-0.25, -0.2) is 4.98 Å². The molecule has 0 aliphatic carbocycles. The summed E-state index contributed by atoms with van der Waals surface area (Å²) in [7, 11) is 0. The number of imidazole rings is 1. The molecule has 0 spiro atoms. The van der Waals surface area contributed by atoms with Crippen LogP contribution in [0.5, 0.6) is 0 Å². The number of hydrogen-bond donors (Lipinski definition) is 1. The molecule has 0 saturated heterocycles. The maximum atomic E-state index is 11.2. The lowest BCUT2D eigenvalue weighted by Gasteiger charge is -2.04. The molecule has 1 N–H and O–H groups in total. The first kappa shape index (κ1) is 10.3. The van der Waals surface area contributed by atoms with E-state index in [4.69, 9.17) is 0 Å². The molecule has 3 nitrogen and oxygen atoms in total. The predicted molar refractivity (Wildman–Crippen MR) is 61.1 cm³/mol. The number of aryl methyl sites for hydroxylation is 1. The summed E-state index contributed by atoms with van der Waals surface area (Å²) in [5.41, 5.74) is 2.05. The summed E-state index contributed by atoms with van der Waals surface area (Å²) in [5, 5.41) is 0. The minimum atomic E-state index is -0.914. The number of hydrogen-bond acceptors (Lipinski definition) is 2. The minimum absolute atomic E-state index is 0.843. The molecular formula is C11H12N2OS. The van der Waals surface area contributed by atoms with E-state index in [0.29, 0.717) is 0 Å². The molecule has 0 amide bonds. The van der Waals surface area contributed by atoms with Gasteiger partial charge in [0.05, 0.1) is 11.9 Å². The van der Waals surface area contributed by atoms with Crippen LogP contribution in [-0.4, -0.2) is 20.8 Å². The summed E-state index contributed by atoms with van der Waals surface area (Å²) in [6.07, 6.45) is 3.47. The maximum absolute atomic E-state index is 11.2. The molecule has 0 bridgehead atoms. The van der Waals surface area contributed by atoms with E-state index in [2.05, 4.69) is 9.97 Å². The summed E-state index contributed by atoms with van der Waals surface area (Å²) in [6.45, 7) is 1.92. The van der Waals surface area contributed by atoms with Crippen LogP contribution in [0.25, 0.3) is 11.3 Å². The van der Waals surface area contributed by atoms with Gasteiger partial charge in [-0.1, -0.05) is 0 Å². The van der Waals surface area contributed by atoms with Gasteiger partial charge in [0.15, 0.2) is 4.90 Å². The Morgan fingerprint density at radius 2 is 1.93 bits per heavy atom. The van der Waals surface area contributed by atoms with Crippen LogP contribution in [0.1, 0.15) is 5.82 Å². The van der Waals surface area contributed by atoms with Crippen LogP contribution in [0.2, 0.25) is 0 Å². The molecule has 0 aliphatic heterocycles. The van der Waals surface area contributed by atoms with E-state index in [0.717, 1.165) is 22.0 Å². The fraction of sp³-hybridized carbons (Fsp3) is 0.182. The van der Waals surface area contributed by atoms with Crippen molar-refractivity contribution in [3.05, 3.63) is 36.3 Å². The molecule has 0 aliphatic rings. The number of nitrogens with zero attached hydrogens (tertiary/aromatic N) is 1.